The van der Waals surface area contributed by atoms with Crippen molar-refractivity contribution in [1.82, 2.24) is 0 Å². The lowest BCUT2D eigenvalue weighted by molar-refractivity contribution is 0.176. The van der Waals surface area contributed by atoms with Crippen LogP contribution in [0.1, 0.15) is 56.3 Å². The van der Waals surface area contributed by atoms with Crippen LogP contribution in [0.5, 0.6) is 5.75 Å². The highest BCUT2D eigenvalue weighted by molar-refractivity contribution is 7.10. The maximum atomic E-state index is 11.0. The molecule has 0 fully saturated rings. The highest BCUT2D eigenvalue weighted by Crippen LogP contribution is 2.37. The Bertz CT molecular complexity index is 1350. The fourth-order valence-electron chi connectivity index (χ4n) is 5.08. The zero-order valence-electron chi connectivity index (χ0n) is 23.3. The summed E-state index contributed by atoms with van der Waals surface area (Å²) in [5, 5.41) is 35.5. The van der Waals surface area contributed by atoms with E-state index in [1.807, 2.05) is 35.7 Å². The van der Waals surface area contributed by atoms with Crippen LogP contribution in [0, 0.1) is 0 Å². The molecule has 0 bridgehead atoms. The number of benzene rings is 3. The van der Waals surface area contributed by atoms with Crippen molar-refractivity contribution in [1.29, 1.82) is 0 Å². The Kier molecular flexibility index (Phi) is 9.98. The summed E-state index contributed by atoms with van der Waals surface area (Å²) < 4.78 is 7.12. The molecule has 1 heterocycles. The van der Waals surface area contributed by atoms with Crippen molar-refractivity contribution in [3.63, 3.8) is 0 Å². The average Bonchev–Trinajstić information content (AvgIpc) is 3.49. The lowest BCUT2D eigenvalue weighted by Crippen LogP contribution is -2.66. The van der Waals surface area contributed by atoms with E-state index in [1.165, 1.54) is 21.7 Å². The Morgan fingerprint density at radius 2 is 1.45 bits per heavy atom. The van der Waals surface area contributed by atoms with Crippen LogP contribution >= 0.6 is 11.3 Å². The van der Waals surface area contributed by atoms with Crippen LogP contribution in [0.25, 0.3) is 0 Å². The van der Waals surface area contributed by atoms with Gasteiger partial charge in [-0.15, -0.1) is 17.1 Å². The summed E-state index contributed by atoms with van der Waals surface area (Å²) in [6.45, 7) is 7.04. The summed E-state index contributed by atoms with van der Waals surface area (Å²) >= 11 is 1.53. The van der Waals surface area contributed by atoms with Gasteiger partial charge in [-0.25, -0.2) is 0 Å². The first-order valence-electron chi connectivity index (χ1n) is 13.6. The number of aliphatic hydroxyl groups excluding tert-OH is 2. The van der Waals surface area contributed by atoms with Crippen LogP contribution in [-0.2, 0) is 4.43 Å². The Balaban J connectivity index is 1.68. The molecule has 0 aliphatic heterocycles. The number of hydrogen-bond acceptors (Lipinski definition) is 5. The van der Waals surface area contributed by atoms with E-state index in [0.717, 1.165) is 16.0 Å². The first-order chi connectivity index (χ1) is 19.2. The van der Waals surface area contributed by atoms with Crippen molar-refractivity contribution in [3.8, 4) is 5.75 Å². The minimum Gasteiger partial charge on any atom is -0.508 e. The Morgan fingerprint density at radius 1 is 0.850 bits per heavy atom. The molecule has 1 aromatic heterocycles. The van der Waals surface area contributed by atoms with Gasteiger partial charge in [-0.2, -0.15) is 0 Å². The van der Waals surface area contributed by atoms with Crippen molar-refractivity contribution in [2.45, 2.75) is 50.9 Å². The van der Waals surface area contributed by atoms with Gasteiger partial charge < -0.3 is 19.7 Å². The molecule has 0 amide bonds. The molecule has 4 rings (SSSR count). The Labute approximate surface area is 242 Å². The van der Waals surface area contributed by atoms with Gasteiger partial charge in [0.25, 0.3) is 8.32 Å². The van der Waals surface area contributed by atoms with Gasteiger partial charge in [-0.3, -0.25) is 0 Å². The highest BCUT2D eigenvalue weighted by atomic mass is 32.1. The van der Waals surface area contributed by atoms with Crippen LogP contribution < -0.4 is 10.4 Å². The van der Waals surface area contributed by atoms with E-state index in [9.17, 15) is 15.3 Å². The normalized spacial score (nSPS) is 13.3. The van der Waals surface area contributed by atoms with Crippen LogP contribution in [0.4, 0.5) is 0 Å². The second kappa shape index (κ2) is 13.4. The molecule has 4 nitrogen and oxygen atoms in total. The van der Waals surface area contributed by atoms with Crippen LogP contribution in [0.15, 0.2) is 120 Å². The molecule has 208 valence electrons. The van der Waals surface area contributed by atoms with Crippen molar-refractivity contribution in [2.24, 2.45) is 0 Å². The van der Waals surface area contributed by atoms with Crippen molar-refractivity contribution in [2.75, 3.05) is 6.61 Å². The molecule has 0 unspecified atom stereocenters. The van der Waals surface area contributed by atoms with Gasteiger partial charge in [0.1, 0.15) is 5.75 Å². The standard InChI is InChI=1S/C34H38O4SSi/c1-34(2,3)40(29-13-6-4-7-14-29,30-15-8-5-9-16-30)38-25-26(24-32(37)33-18-11-23-39-33)12-10-17-31(36)27-19-21-28(35)22-20-27/h4-11,13-16,18-23,31-32,35-37H,17,24-25H2,1-3H3/t12?,31-,32-/m1/s1. The van der Waals surface area contributed by atoms with Crippen LogP contribution in [0.2, 0.25) is 5.04 Å². The molecule has 40 heavy (non-hydrogen) atoms. The summed E-state index contributed by atoms with van der Waals surface area (Å²) in [6, 6.07) is 31.4. The quantitative estimate of drug-likeness (QED) is 0.139. The van der Waals surface area contributed by atoms with Crippen LogP contribution in [0.3, 0.4) is 0 Å². The molecule has 0 radical (unpaired) electrons. The zero-order chi connectivity index (χ0) is 28.6. The lowest BCUT2D eigenvalue weighted by atomic mass is 10.1. The number of phenols is 1. The molecule has 2 atom stereocenters. The summed E-state index contributed by atoms with van der Waals surface area (Å²) in [6.07, 6.45) is 1.16. The molecule has 0 aliphatic rings. The van der Waals surface area contributed by atoms with Gasteiger partial charge in [0, 0.05) is 17.7 Å². The molecule has 3 aromatic carbocycles. The molecule has 3 N–H and O–H groups in total. The monoisotopic (exact) mass is 570 g/mol. The largest absolute Gasteiger partial charge is 0.508 e. The number of aromatic hydroxyl groups is 1. The second-order valence-corrected chi connectivity index (χ2v) is 16.3. The predicted octanol–water partition coefficient (Wildman–Crippen LogP) is 6.66. The van der Waals surface area contributed by atoms with E-state index < -0.39 is 20.5 Å². The van der Waals surface area contributed by atoms with Gasteiger partial charge in [-0.1, -0.05) is 99.6 Å². The minimum atomic E-state index is -2.78. The number of aliphatic hydroxyl groups is 2. The van der Waals surface area contributed by atoms with Gasteiger partial charge in [0.2, 0.25) is 0 Å². The van der Waals surface area contributed by atoms with E-state index in [-0.39, 0.29) is 10.8 Å². The third-order valence-corrected chi connectivity index (χ3v) is 13.1. The molecule has 0 saturated carbocycles. The third kappa shape index (κ3) is 7.10. The molecular weight excluding hydrogens is 533 g/mol. The van der Waals surface area contributed by atoms with Gasteiger partial charge in [0.05, 0.1) is 18.8 Å². The smallest absolute Gasteiger partial charge is 0.261 e. The first kappa shape index (κ1) is 29.8. The molecule has 4 aromatic rings. The molecular formula is C34H38O4SSi. The fourth-order valence-corrected chi connectivity index (χ4v) is 10.3. The maximum Gasteiger partial charge on any atom is 0.261 e. The molecule has 6 heteroatoms. The molecule has 0 saturated heterocycles. The van der Waals surface area contributed by atoms with Gasteiger partial charge in [-0.05, 0) is 56.2 Å². The number of thiophene rings is 1. The third-order valence-electron chi connectivity index (χ3n) is 7.12. The lowest BCUT2D eigenvalue weighted by Gasteiger charge is -2.43. The van der Waals surface area contributed by atoms with E-state index in [1.54, 1.807) is 24.3 Å². The number of phenolic OH excluding ortho intramolecular Hbond substituents is 1. The Morgan fingerprint density at radius 3 is 1.98 bits per heavy atom. The first-order valence-corrected chi connectivity index (χ1v) is 16.4. The van der Waals surface area contributed by atoms with Crippen LogP contribution in [-0.4, -0.2) is 30.2 Å². The summed E-state index contributed by atoms with van der Waals surface area (Å²) in [4.78, 5) is 0.897. The topological polar surface area (TPSA) is 69.9 Å². The van der Waals surface area contributed by atoms with E-state index in [4.69, 9.17) is 4.43 Å². The van der Waals surface area contributed by atoms with Gasteiger partial charge >= 0.3 is 0 Å². The number of hydrogen-bond donors (Lipinski definition) is 3. The predicted molar refractivity (Wildman–Crippen MR) is 167 cm³/mol. The summed E-state index contributed by atoms with van der Waals surface area (Å²) in [5.41, 5.74) is 4.94. The van der Waals surface area contributed by atoms with Crippen molar-refractivity contribution >= 4 is 30.0 Å². The average molecular weight is 571 g/mol. The van der Waals surface area contributed by atoms with Crippen molar-refractivity contribution < 1.29 is 19.7 Å². The minimum absolute atomic E-state index is 0.164. The molecule has 0 spiro atoms. The fraction of sp³-hybridized carbons (Fsp3) is 0.265. The van der Waals surface area contributed by atoms with E-state index in [0.29, 0.717) is 19.4 Å². The second-order valence-electron chi connectivity index (χ2n) is 11.0. The SMILES string of the molecule is CC(C)(C)[Si](OCC(=C=CC[C@@H](O)c1ccc(O)cc1)C[C@@H](O)c1cccs1)(c1ccccc1)c1ccccc1. The number of rotatable bonds is 11. The molecule has 0 aliphatic carbocycles. The summed E-state index contributed by atoms with van der Waals surface area (Å²) in [5.74, 6) is 0.164. The van der Waals surface area contributed by atoms with E-state index in [2.05, 4.69) is 75.0 Å². The van der Waals surface area contributed by atoms with Crippen molar-refractivity contribution in [3.05, 3.63) is 130 Å². The highest BCUT2D eigenvalue weighted by Gasteiger charge is 2.50. The Hall–Kier alpha value is -3.22. The van der Waals surface area contributed by atoms with E-state index >= 15 is 0 Å². The maximum absolute atomic E-state index is 11.0. The zero-order valence-corrected chi connectivity index (χ0v) is 25.1. The summed E-state index contributed by atoms with van der Waals surface area (Å²) in [7, 11) is -2.78. The van der Waals surface area contributed by atoms with Gasteiger partial charge in [0.15, 0.2) is 0 Å².